The van der Waals surface area contributed by atoms with Gasteiger partial charge in [-0.2, -0.15) is 0 Å². The number of thiazole rings is 1. The molecule has 0 radical (unpaired) electrons. The minimum Gasteiger partial charge on any atom is -0.456 e. The van der Waals surface area contributed by atoms with Gasteiger partial charge in [0.25, 0.3) is 5.69 Å². The topological polar surface area (TPSA) is 206 Å². The summed E-state index contributed by atoms with van der Waals surface area (Å²) in [5, 5.41) is 24.9. The molecule has 1 amide bonds. The second-order valence-electron chi connectivity index (χ2n) is 11.4. The van der Waals surface area contributed by atoms with Gasteiger partial charge in [-0.05, 0) is 43.1 Å². The third-order valence-corrected chi connectivity index (χ3v) is 10.5. The first-order valence-corrected chi connectivity index (χ1v) is 16.6. The third-order valence-electron chi connectivity index (χ3n) is 8.40. The van der Waals surface area contributed by atoms with Crippen molar-refractivity contribution in [2.75, 3.05) is 12.3 Å². The SMILES string of the molecule is Cc1ncc(SCCN=[N+]=[N-])cc1C(=O)c1ncn2cc(C3=C(C(=O)OCc4ccc([N+](=O)[O-])cc4)N4C(=O)[C@H]([C@@H](C)O)[C@H]4[C@H]3C)sc12. The molecule has 2 aliphatic heterocycles. The lowest BCUT2D eigenvalue weighted by atomic mass is 9.77. The zero-order chi connectivity index (χ0) is 34.3. The molecule has 15 nitrogen and oxygen atoms in total. The lowest BCUT2D eigenvalue weighted by molar-refractivity contribution is -0.384. The molecule has 6 rings (SSSR count). The number of nitro groups is 1. The molecular weight excluding hydrogens is 661 g/mol. The minimum absolute atomic E-state index is 0.0622. The fraction of sp³-hybridized carbons (Fsp3) is 0.323. The zero-order valence-electron chi connectivity index (χ0n) is 25.8. The van der Waals surface area contributed by atoms with Gasteiger partial charge >= 0.3 is 5.97 Å². The Kier molecular flexibility index (Phi) is 9.03. The number of aliphatic hydroxyl groups is 1. The number of thioether (sulfide) groups is 1. The molecule has 0 spiro atoms. The van der Waals surface area contributed by atoms with Gasteiger partial charge in [0, 0.05) is 69.4 Å². The van der Waals surface area contributed by atoms with E-state index in [9.17, 15) is 29.6 Å². The van der Waals surface area contributed by atoms with Crippen molar-refractivity contribution < 1.29 is 29.2 Å². The Balaban J connectivity index is 1.33. The van der Waals surface area contributed by atoms with Crippen molar-refractivity contribution in [3.05, 3.63) is 103 Å². The molecule has 0 saturated carbocycles. The summed E-state index contributed by atoms with van der Waals surface area (Å²) < 4.78 is 7.32. The summed E-state index contributed by atoms with van der Waals surface area (Å²) in [6.45, 7) is 5.26. The van der Waals surface area contributed by atoms with Gasteiger partial charge in [-0.15, -0.1) is 23.1 Å². The van der Waals surface area contributed by atoms with E-state index in [0.29, 0.717) is 44.4 Å². The van der Waals surface area contributed by atoms with Crippen molar-refractivity contribution in [3.63, 3.8) is 0 Å². The fourth-order valence-electron chi connectivity index (χ4n) is 6.09. The fourth-order valence-corrected chi connectivity index (χ4v) is 8.05. The number of aliphatic hydroxyl groups excluding tert-OH is 1. The number of imidazole rings is 1. The molecule has 4 atom stereocenters. The number of carbonyl (C=O) groups is 3. The molecule has 0 unspecified atom stereocenters. The zero-order valence-corrected chi connectivity index (χ0v) is 27.5. The number of carbonyl (C=O) groups excluding carboxylic acids is 3. The molecule has 246 valence electrons. The minimum atomic E-state index is -0.935. The standard InChI is InChI=1S/C31H28N8O7S2/c1-15-23(27(38-26(15)24(17(3)40)29(38)42)31(43)46-13-18-4-6-19(7-5-18)39(44)45)22-12-37-14-34-25(30(37)48-22)28(41)21-10-20(11-33-16(21)2)47-9-8-35-36-32/h4-7,10-12,14-15,17,24,26,40H,8-9,13H2,1-3H3/t15-,17+,24+,26+/m0/s1. The number of nitrogens with zero attached hydrogens (tertiary/aromatic N) is 8. The smallest absolute Gasteiger partial charge is 0.355 e. The Hall–Kier alpha value is -5.09. The van der Waals surface area contributed by atoms with Crippen LogP contribution in [0.5, 0.6) is 0 Å². The van der Waals surface area contributed by atoms with Crippen molar-refractivity contribution in [1.29, 1.82) is 0 Å². The number of ether oxygens (including phenoxy) is 1. The van der Waals surface area contributed by atoms with E-state index in [-0.39, 0.29) is 41.3 Å². The summed E-state index contributed by atoms with van der Waals surface area (Å²) in [5.41, 5.74) is 10.6. The molecule has 5 heterocycles. The maximum absolute atomic E-state index is 13.8. The Bertz CT molecular complexity index is 2050. The van der Waals surface area contributed by atoms with E-state index in [1.54, 1.807) is 36.7 Å². The van der Waals surface area contributed by atoms with E-state index in [2.05, 4.69) is 20.0 Å². The van der Waals surface area contributed by atoms with E-state index in [1.807, 2.05) is 6.92 Å². The first kappa shape index (κ1) is 32.8. The number of fused-ring (bicyclic) bond motifs is 2. The molecule has 4 aromatic rings. The van der Waals surface area contributed by atoms with E-state index < -0.39 is 29.0 Å². The molecule has 1 N–H and O–H groups in total. The quantitative estimate of drug-likeness (QED) is 0.0202. The first-order valence-electron chi connectivity index (χ1n) is 14.8. The van der Waals surface area contributed by atoms with Crippen molar-refractivity contribution in [2.24, 2.45) is 17.0 Å². The predicted octanol–water partition coefficient (Wildman–Crippen LogP) is 4.95. The number of β-lactam (4-membered cyclic amide) rings is 1. The van der Waals surface area contributed by atoms with E-state index >= 15 is 0 Å². The number of pyridine rings is 1. The number of benzene rings is 1. The molecule has 0 aliphatic carbocycles. The maximum atomic E-state index is 13.8. The van der Waals surface area contributed by atoms with Gasteiger partial charge in [0.1, 0.15) is 29.2 Å². The van der Waals surface area contributed by atoms with Crippen molar-refractivity contribution in [2.45, 2.75) is 44.4 Å². The van der Waals surface area contributed by atoms with Gasteiger partial charge in [0.2, 0.25) is 11.7 Å². The van der Waals surface area contributed by atoms with Crippen LogP contribution in [-0.2, 0) is 20.9 Å². The average molecular weight is 689 g/mol. The number of non-ortho nitro benzene ring substituents is 1. The van der Waals surface area contributed by atoms with Crippen LogP contribution in [0.2, 0.25) is 0 Å². The lowest BCUT2D eigenvalue weighted by Gasteiger charge is -2.46. The van der Waals surface area contributed by atoms with Crippen LogP contribution in [0.25, 0.3) is 20.8 Å². The molecule has 1 fully saturated rings. The van der Waals surface area contributed by atoms with Gasteiger partial charge in [-0.3, -0.25) is 29.1 Å². The monoisotopic (exact) mass is 688 g/mol. The van der Waals surface area contributed by atoms with Crippen LogP contribution in [0.4, 0.5) is 5.69 Å². The second-order valence-corrected chi connectivity index (χ2v) is 13.6. The lowest BCUT2D eigenvalue weighted by Crippen LogP contribution is -2.63. The average Bonchev–Trinajstić information content (AvgIpc) is 3.72. The number of nitro benzene ring substituents is 1. The molecule has 48 heavy (non-hydrogen) atoms. The molecule has 0 bridgehead atoms. The largest absolute Gasteiger partial charge is 0.456 e. The Morgan fingerprint density at radius 1 is 1.29 bits per heavy atom. The highest BCUT2D eigenvalue weighted by molar-refractivity contribution is 7.99. The Morgan fingerprint density at radius 3 is 2.73 bits per heavy atom. The van der Waals surface area contributed by atoms with Gasteiger partial charge in [0.15, 0.2) is 0 Å². The van der Waals surface area contributed by atoms with Crippen LogP contribution in [0.1, 0.15) is 46.0 Å². The van der Waals surface area contributed by atoms with Gasteiger partial charge in [-0.25, -0.2) is 9.78 Å². The van der Waals surface area contributed by atoms with Gasteiger partial charge in [0.05, 0.1) is 27.9 Å². The van der Waals surface area contributed by atoms with E-state index in [4.69, 9.17) is 10.3 Å². The molecule has 17 heteroatoms. The molecule has 3 aromatic heterocycles. The molecular formula is C31H28N8O7S2. The van der Waals surface area contributed by atoms with Gasteiger partial charge in [-0.1, -0.05) is 12.0 Å². The summed E-state index contributed by atoms with van der Waals surface area (Å²) >= 11 is 2.65. The number of rotatable bonds is 12. The predicted molar refractivity (Wildman–Crippen MR) is 175 cm³/mol. The van der Waals surface area contributed by atoms with Crippen molar-refractivity contribution in [3.8, 4) is 0 Å². The van der Waals surface area contributed by atoms with Crippen molar-refractivity contribution in [1.82, 2.24) is 19.3 Å². The van der Waals surface area contributed by atoms with Crippen LogP contribution in [0.15, 0.2) is 64.8 Å². The highest BCUT2D eigenvalue weighted by Gasteiger charge is 2.60. The Morgan fingerprint density at radius 2 is 2.04 bits per heavy atom. The summed E-state index contributed by atoms with van der Waals surface area (Å²) in [7, 11) is 0. The Labute approximate surface area is 281 Å². The van der Waals surface area contributed by atoms with Crippen LogP contribution < -0.4 is 0 Å². The van der Waals surface area contributed by atoms with Crippen LogP contribution >= 0.6 is 23.1 Å². The molecule has 1 aromatic carbocycles. The van der Waals surface area contributed by atoms with E-state index in [1.165, 1.54) is 58.6 Å². The number of aromatic nitrogens is 3. The summed E-state index contributed by atoms with van der Waals surface area (Å²) in [4.78, 5) is 66.0. The number of esters is 1. The number of azide groups is 1. The summed E-state index contributed by atoms with van der Waals surface area (Å²) in [5.74, 6) is -2.01. The number of ketones is 1. The first-order chi connectivity index (χ1) is 23.0. The molecule has 2 aliphatic rings. The number of amides is 1. The second kappa shape index (κ2) is 13.2. The van der Waals surface area contributed by atoms with Crippen LogP contribution in [0.3, 0.4) is 0 Å². The van der Waals surface area contributed by atoms with Crippen molar-refractivity contribution >= 4 is 56.8 Å². The number of hydrogen-bond donors (Lipinski definition) is 1. The van der Waals surface area contributed by atoms with E-state index in [0.717, 1.165) is 4.90 Å². The van der Waals surface area contributed by atoms with Gasteiger partial charge < -0.3 is 14.7 Å². The highest BCUT2D eigenvalue weighted by atomic mass is 32.2. The highest BCUT2D eigenvalue weighted by Crippen LogP contribution is 2.52. The third kappa shape index (κ3) is 5.81. The number of hydrogen-bond acceptors (Lipinski definition) is 12. The van der Waals surface area contributed by atoms with Crippen LogP contribution in [0, 0.1) is 28.9 Å². The maximum Gasteiger partial charge on any atom is 0.355 e. The molecule has 1 saturated heterocycles. The summed E-state index contributed by atoms with van der Waals surface area (Å²) in [6.07, 6.45) is 3.98. The number of aryl methyl sites for hydroxylation is 1. The summed E-state index contributed by atoms with van der Waals surface area (Å²) in [6, 6.07) is 6.87. The normalized spacial score (nSPS) is 19.1. The van der Waals surface area contributed by atoms with Crippen LogP contribution in [-0.4, -0.2) is 71.4 Å².